The molecule has 6 nitrogen and oxygen atoms in total. The minimum Gasteiger partial charge on any atom is -0.497 e. The van der Waals surface area contributed by atoms with Crippen LogP contribution < -0.4 is 15.4 Å². The first kappa shape index (κ1) is 20.5. The van der Waals surface area contributed by atoms with Crippen molar-refractivity contribution >= 4 is 5.96 Å². The number of nitrogens with zero attached hydrogens (tertiary/aromatic N) is 1. The smallest absolute Gasteiger partial charge is 0.191 e. The number of benzene rings is 1. The van der Waals surface area contributed by atoms with Crippen molar-refractivity contribution in [2.24, 2.45) is 4.99 Å². The molecule has 1 heterocycles. The minimum absolute atomic E-state index is 0.0439. The van der Waals surface area contributed by atoms with Crippen LogP contribution in [-0.4, -0.2) is 59.1 Å². The summed E-state index contributed by atoms with van der Waals surface area (Å²) < 4.78 is 16.4. The summed E-state index contributed by atoms with van der Waals surface area (Å²) in [6, 6.07) is 8.21. The molecular weight excluding hydrogens is 330 g/mol. The Morgan fingerprint density at radius 3 is 2.88 bits per heavy atom. The average molecular weight is 364 g/mol. The van der Waals surface area contributed by atoms with Crippen molar-refractivity contribution in [3.05, 3.63) is 29.8 Å². The predicted molar refractivity (Wildman–Crippen MR) is 105 cm³/mol. The zero-order chi connectivity index (χ0) is 18.8. The molecule has 2 N–H and O–H groups in total. The van der Waals surface area contributed by atoms with Crippen LogP contribution in [0.4, 0.5) is 0 Å². The largest absolute Gasteiger partial charge is 0.497 e. The Hall–Kier alpha value is -1.79. The summed E-state index contributed by atoms with van der Waals surface area (Å²) in [5, 5.41) is 6.76. The van der Waals surface area contributed by atoms with Crippen LogP contribution in [0.5, 0.6) is 5.75 Å². The molecule has 0 saturated carbocycles. The second-order valence-electron chi connectivity index (χ2n) is 7.18. The van der Waals surface area contributed by atoms with Gasteiger partial charge in [0.1, 0.15) is 5.75 Å². The van der Waals surface area contributed by atoms with Crippen molar-refractivity contribution in [2.75, 3.05) is 47.1 Å². The standard InChI is InChI=1S/C20H33N3O3/c1-20(2,16-7-5-8-17(13-16)24-4)15-23-19(21-3)22-10-6-11-26-18-9-12-25-14-18/h5,7-8,13,18H,6,9-12,14-15H2,1-4H3,(H2,21,22,23). The second kappa shape index (κ2) is 10.4. The van der Waals surface area contributed by atoms with E-state index in [-0.39, 0.29) is 11.5 Å². The molecule has 1 aromatic rings. The van der Waals surface area contributed by atoms with Crippen molar-refractivity contribution in [3.8, 4) is 5.75 Å². The van der Waals surface area contributed by atoms with Gasteiger partial charge in [0.2, 0.25) is 0 Å². The molecule has 6 heteroatoms. The summed E-state index contributed by atoms with van der Waals surface area (Å²) in [4.78, 5) is 4.30. The van der Waals surface area contributed by atoms with Gasteiger partial charge in [-0.25, -0.2) is 0 Å². The first-order valence-corrected chi connectivity index (χ1v) is 9.33. The van der Waals surface area contributed by atoms with Crippen LogP contribution >= 0.6 is 0 Å². The summed E-state index contributed by atoms with van der Waals surface area (Å²) in [6.45, 7) is 8.31. The zero-order valence-electron chi connectivity index (χ0n) is 16.5. The van der Waals surface area contributed by atoms with E-state index in [2.05, 4.69) is 41.6 Å². The highest BCUT2D eigenvalue weighted by Crippen LogP contribution is 2.25. The first-order chi connectivity index (χ1) is 12.5. The highest BCUT2D eigenvalue weighted by atomic mass is 16.5. The van der Waals surface area contributed by atoms with Crippen molar-refractivity contribution < 1.29 is 14.2 Å². The quantitative estimate of drug-likeness (QED) is 0.401. The van der Waals surface area contributed by atoms with Gasteiger partial charge in [-0.05, 0) is 30.5 Å². The highest BCUT2D eigenvalue weighted by molar-refractivity contribution is 5.79. The van der Waals surface area contributed by atoms with Crippen LogP contribution in [0.3, 0.4) is 0 Å². The predicted octanol–water partition coefficient (Wildman–Crippen LogP) is 2.33. The highest BCUT2D eigenvalue weighted by Gasteiger charge is 2.21. The van der Waals surface area contributed by atoms with Crippen molar-refractivity contribution in [3.63, 3.8) is 0 Å². The molecule has 1 aromatic carbocycles. The van der Waals surface area contributed by atoms with E-state index in [0.29, 0.717) is 0 Å². The molecule has 0 radical (unpaired) electrons. The Balaban J connectivity index is 1.71. The minimum atomic E-state index is -0.0439. The maximum atomic E-state index is 5.78. The summed E-state index contributed by atoms with van der Waals surface area (Å²) in [6.07, 6.45) is 2.23. The van der Waals surface area contributed by atoms with Gasteiger partial charge in [-0.2, -0.15) is 0 Å². The van der Waals surface area contributed by atoms with Crippen molar-refractivity contribution in [2.45, 2.75) is 38.2 Å². The van der Waals surface area contributed by atoms with E-state index in [1.54, 1.807) is 14.2 Å². The fourth-order valence-electron chi connectivity index (χ4n) is 2.84. The molecule has 1 atom stereocenters. The molecule has 1 saturated heterocycles. The lowest BCUT2D eigenvalue weighted by Gasteiger charge is -2.27. The third-order valence-corrected chi connectivity index (χ3v) is 4.63. The Bertz CT molecular complexity index is 569. The molecule has 0 bridgehead atoms. The normalized spacial score (nSPS) is 18.0. The van der Waals surface area contributed by atoms with Crippen LogP contribution in [0.2, 0.25) is 0 Å². The number of aliphatic imine (C=N–C) groups is 1. The zero-order valence-corrected chi connectivity index (χ0v) is 16.5. The molecule has 0 aromatic heterocycles. The lowest BCUT2D eigenvalue weighted by molar-refractivity contribution is 0.0420. The van der Waals surface area contributed by atoms with E-state index in [1.165, 1.54) is 5.56 Å². The molecule has 1 unspecified atom stereocenters. The average Bonchev–Trinajstić information content (AvgIpc) is 3.17. The van der Waals surface area contributed by atoms with Gasteiger partial charge >= 0.3 is 0 Å². The van der Waals surface area contributed by atoms with E-state index in [9.17, 15) is 0 Å². The Kier molecular flexibility index (Phi) is 8.19. The maximum absolute atomic E-state index is 5.78. The van der Waals surface area contributed by atoms with Crippen molar-refractivity contribution in [1.82, 2.24) is 10.6 Å². The number of ether oxygens (including phenoxy) is 3. The number of rotatable bonds is 9. The monoisotopic (exact) mass is 363 g/mol. The number of hydrogen-bond acceptors (Lipinski definition) is 4. The molecular formula is C20H33N3O3. The maximum Gasteiger partial charge on any atom is 0.191 e. The van der Waals surface area contributed by atoms with E-state index in [4.69, 9.17) is 14.2 Å². The van der Waals surface area contributed by atoms with Crippen molar-refractivity contribution in [1.29, 1.82) is 0 Å². The number of guanidine groups is 1. The molecule has 1 aliphatic heterocycles. The van der Waals surface area contributed by atoms with Crippen LogP contribution in [0.25, 0.3) is 0 Å². The topological polar surface area (TPSA) is 64.1 Å². The van der Waals surface area contributed by atoms with Gasteiger partial charge in [0.15, 0.2) is 5.96 Å². The third-order valence-electron chi connectivity index (χ3n) is 4.63. The van der Waals surface area contributed by atoms with Crippen LogP contribution in [0, 0.1) is 0 Å². The summed E-state index contributed by atoms with van der Waals surface area (Å²) in [5.41, 5.74) is 1.18. The summed E-state index contributed by atoms with van der Waals surface area (Å²) >= 11 is 0. The molecule has 1 aliphatic rings. The molecule has 0 amide bonds. The van der Waals surface area contributed by atoms with E-state index in [1.807, 2.05) is 12.1 Å². The van der Waals surface area contributed by atoms with Crippen LogP contribution in [-0.2, 0) is 14.9 Å². The SMILES string of the molecule is CN=C(NCCCOC1CCOC1)NCC(C)(C)c1cccc(OC)c1. The van der Waals surface area contributed by atoms with Crippen LogP contribution in [0.15, 0.2) is 29.3 Å². The lowest BCUT2D eigenvalue weighted by Crippen LogP contribution is -2.43. The third kappa shape index (κ3) is 6.50. The lowest BCUT2D eigenvalue weighted by atomic mass is 9.84. The van der Waals surface area contributed by atoms with Gasteiger partial charge in [0, 0.05) is 38.8 Å². The van der Waals surface area contributed by atoms with Gasteiger partial charge in [0.25, 0.3) is 0 Å². The van der Waals surface area contributed by atoms with Gasteiger partial charge in [-0.3, -0.25) is 4.99 Å². The van der Waals surface area contributed by atoms with Gasteiger partial charge in [-0.15, -0.1) is 0 Å². The second-order valence-corrected chi connectivity index (χ2v) is 7.18. The Labute approximate surface area is 157 Å². The molecule has 0 spiro atoms. The molecule has 2 rings (SSSR count). The molecule has 0 aliphatic carbocycles. The van der Waals surface area contributed by atoms with Crippen LogP contribution in [0.1, 0.15) is 32.3 Å². The summed E-state index contributed by atoms with van der Waals surface area (Å²) in [5.74, 6) is 1.69. The van der Waals surface area contributed by atoms with Gasteiger partial charge in [-0.1, -0.05) is 26.0 Å². The fourth-order valence-corrected chi connectivity index (χ4v) is 2.84. The molecule has 146 valence electrons. The van der Waals surface area contributed by atoms with E-state index in [0.717, 1.165) is 57.5 Å². The molecule has 1 fully saturated rings. The summed E-state index contributed by atoms with van der Waals surface area (Å²) in [7, 11) is 3.49. The van der Waals surface area contributed by atoms with E-state index >= 15 is 0 Å². The van der Waals surface area contributed by atoms with Gasteiger partial charge < -0.3 is 24.8 Å². The Morgan fingerprint density at radius 2 is 2.19 bits per heavy atom. The number of methoxy groups -OCH3 is 1. The van der Waals surface area contributed by atoms with Gasteiger partial charge in [0.05, 0.1) is 19.8 Å². The number of nitrogens with one attached hydrogen (secondary N) is 2. The number of hydrogen-bond donors (Lipinski definition) is 2. The Morgan fingerprint density at radius 1 is 1.35 bits per heavy atom. The first-order valence-electron chi connectivity index (χ1n) is 9.33. The fraction of sp³-hybridized carbons (Fsp3) is 0.650. The van der Waals surface area contributed by atoms with E-state index < -0.39 is 0 Å². The molecule has 26 heavy (non-hydrogen) atoms.